The SMILES string of the molecule is COc1ccc(C)c(-c2cc3cc(NC(=O)C4C[C@H]4c4cnn(C)c4)ncc3c(N)n2)c1.COc1ccc(C)c(-c2cc3cc(NC(=O)[C@H]4C[C@@H]4c4cnn(C)c4)ncc3c(N)n2)c1. The number of nitrogens with one attached hydrogen (secondary N) is 2. The Balaban J connectivity index is 0.000000162. The number of aryl methyl sites for hydroxylation is 4. The van der Waals surface area contributed by atoms with Crippen molar-refractivity contribution < 1.29 is 19.1 Å². The number of nitrogens with two attached hydrogens (primary N) is 2. The minimum absolute atomic E-state index is 0.0309. The van der Waals surface area contributed by atoms with Crippen molar-refractivity contribution in [1.82, 2.24) is 39.5 Å². The molecule has 2 amide bonds. The van der Waals surface area contributed by atoms with E-state index in [1.54, 1.807) is 36.0 Å². The first-order valence-electron chi connectivity index (χ1n) is 20.9. The van der Waals surface area contributed by atoms with Gasteiger partial charge in [-0.25, -0.2) is 19.9 Å². The molecule has 16 heteroatoms. The quantitative estimate of drug-likeness (QED) is 0.106. The largest absolute Gasteiger partial charge is 0.497 e. The number of nitrogen functional groups attached to an aromatic ring is 2. The lowest BCUT2D eigenvalue weighted by molar-refractivity contribution is -0.118. The Morgan fingerprint density at radius 2 is 1.05 bits per heavy atom. The standard InChI is InChI=1S/2C24H24N6O2/c2*1-13-4-5-16(32-3)8-17(13)21-6-14-7-22(26-11-20(14)23(25)28-21)29-24(31)19-9-18(19)15-10-27-30(2)12-15/h2*4-8,10-12,18-19H,9H2,1-3H3,(H2,25,28)(H,26,29,31)/t18-,19?;18-,19+/m01/s1. The van der Waals surface area contributed by atoms with Crippen molar-refractivity contribution in [2.75, 3.05) is 36.3 Å². The van der Waals surface area contributed by atoms with Crippen LogP contribution in [0.5, 0.6) is 11.5 Å². The van der Waals surface area contributed by atoms with E-state index in [1.165, 1.54) is 0 Å². The van der Waals surface area contributed by atoms with E-state index in [2.05, 4.69) is 40.8 Å². The molecule has 0 aliphatic heterocycles. The van der Waals surface area contributed by atoms with Crippen LogP contribution in [0.3, 0.4) is 0 Å². The number of amides is 2. The summed E-state index contributed by atoms with van der Waals surface area (Å²) in [7, 11) is 7.02. The summed E-state index contributed by atoms with van der Waals surface area (Å²) in [5.74, 6) is 3.53. The lowest BCUT2D eigenvalue weighted by Crippen LogP contribution is -2.15. The van der Waals surface area contributed by atoms with Gasteiger partial charge in [0.25, 0.3) is 0 Å². The number of carbonyl (C=O) groups is 2. The molecule has 2 fully saturated rings. The highest BCUT2D eigenvalue weighted by Gasteiger charge is 2.45. The number of carbonyl (C=O) groups excluding carboxylic acids is 2. The first-order valence-corrected chi connectivity index (χ1v) is 20.9. The Morgan fingerprint density at radius 1 is 0.625 bits per heavy atom. The fourth-order valence-electron chi connectivity index (χ4n) is 8.18. The summed E-state index contributed by atoms with van der Waals surface area (Å²) >= 11 is 0. The van der Waals surface area contributed by atoms with Crippen molar-refractivity contribution in [2.24, 2.45) is 25.9 Å². The summed E-state index contributed by atoms with van der Waals surface area (Å²) in [6.45, 7) is 4.03. The Morgan fingerprint density at radius 3 is 1.42 bits per heavy atom. The first-order chi connectivity index (χ1) is 30.8. The van der Waals surface area contributed by atoms with Crippen molar-refractivity contribution in [3.63, 3.8) is 0 Å². The minimum atomic E-state index is -0.0609. The van der Waals surface area contributed by atoms with E-state index in [0.717, 1.165) is 90.7 Å². The van der Waals surface area contributed by atoms with E-state index in [-0.39, 0.29) is 35.5 Å². The minimum Gasteiger partial charge on any atom is -0.497 e. The molecule has 0 radical (unpaired) electrons. The van der Waals surface area contributed by atoms with Crippen LogP contribution in [0.4, 0.5) is 23.3 Å². The van der Waals surface area contributed by atoms with Crippen LogP contribution >= 0.6 is 0 Å². The molecule has 0 bridgehead atoms. The zero-order valence-electron chi connectivity index (χ0n) is 36.3. The molecule has 324 valence electrons. The number of nitrogens with zero attached hydrogens (tertiary/aromatic N) is 8. The van der Waals surface area contributed by atoms with Crippen LogP contribution in [0, 0.1) is 25.7 Å². The normalized spacial score (nSPS) is 17.3. The molecular formula is C48H48N12O4. The molecule has 8 aromatic rings. The lowest BCUT2D eigenvalue weighted by atomic mass is 10.0. The van der Waals surface area contributed by atoms with Gasteiger partial charge in [0.15, 0.2) is 0 Å². The Bertz CT molecular complexity index is 2900. The van der Waals surface area contributed by atoms with Crippen LogP contribution in [0.1, 0.15) is 46.9 Å². The third kappa shape index (κ3) is 8.49. The fourth-order valence-corrected chi connectivity index (χ4v) is 8.18. The van der Waals surface area contributed by atoms with E-state index in [1.807, 2.05) is 113 Å². The number of hydrogen-bond acceptors (Lipinski definition) is 12. The molecule has 1 unspecified atom stereocenters. The lowest BCUT2D eigenvalue weighted by Gasteiger charge is -2.11. The van der Waals surface area contributed by atoms with Gasteiger partial charge < -0.3 is 31.6 Å². The highest BCUT2D eigenvalue weighted by Crippen LogP contribution is 2.49. The average Bonchev–Trinajstić information content (AvgIpc) is 4.18. The smallest absolute Gasteiger partial charge is 0.229 e. The van der Waals surface area contributed by atoms with Crippen LogP contribution in [0.2, 0.25) is 0 Å². The van der Waals surface area contributed by atoms with Gasteiger partial charge >= 0.3 is 0 Å². The molecule has 6 heterocycles. The van der Waals surface area contributed by atoms with Gasteiger partial charge in [0.2, 0.25) is 11.8 Å². The molecule has 0 spiro atoms. The van der Waals surface area contributed by atoms with Crippen LogP contribution in [-0.4, -0.2) is 65.5 Å². The maximum Gasteiger partial charge on any atom is 0.229 e. The zero-order chi connectivity index (χ0) is 44.8. The molecule has 64 heavy (non-hydrogen) atoms. The summed E-state index contributed by atoms with van der Waals surface area (Å²) < 4.78 is 14.2. The number of methoxy groups -OCH3 is 2. The second kappa shape index (κ2) is 16.8. The van der Waals surface area contributed by atoms with E-state index in [9.17, 15) is 9.59 Å². The van der Waals surface area contributed by atoms with Crippen LogP contribution in [0.25, 0.3) is 44.1 Å². The topological polar surface area (TPSA) is 216 Å². The van der Waals surface area contributed by atoms with Crippen LogP contribution in [0.15, 0.2) is 97.8 Å². The monoisotopic (exact) mass is 856 g/mol. The third-order valence-electron chi connectivity index (χ3n) is 12.0. The second-order valence-electron chi connectivity index (χ2n) is 16.5. The fraction of sp³-hybridized carbons (Fsp3) is 0.250. The number of ether oxygens (including phenoxy) is 2. The number of hydrogen-bond donors (Lipinski definition) is 4. The number of pyridine rings is 4. The predicted molar refractivity (Wildman–Crippen MR) is 247 cm³/mol. The summed E-state index contributed by atoms with van der Waals surface area (Å²) in [4.78, 5) is 43.4. The highest BCUT2D eigenvalue weighted by atomic mass is 16.5. The van der Waals surface area contributed by atoms with Gasteiger partial charge in [-0.3, -0.25) is 19.0 Å². The molecule has 2 aliphatic carbocycles. The molecule has 10 rings (SSSR count). The van der Waals surface area contributed by atoms with Crippen molar-refractivity contribution in [2.45, 2.75) is 38.5 Å². The van der Waals surface area contributed by atoms with E-state index >= 15 is 0 Å². The second-order valence-corrected chi connectivity index (χ2v) is 16.5. The summed E-state index contributed by atoms with van der Waals surface area (Å²) in [5.41, 5.74) is 20.2. The van der Waals surface area contributed by atoms with Crippen molar-refractivity contribution >= 4 is 56.6 Å². The Labute approximate surface area is 369 Å². The summed E-state index contributed by atoms with van der Waals surface area (Å²) in [5, 5.41) is 17.5. The summed E-state index contributed by atoms with van der Waals surface area (Å²) in [6.07, 6.45) is 12.5. The molecule has 2 aromatic carbocycles. The van der Waals surface area contributed by atoms with Crippen molar-refractivity contribution in [3.05, 3.63) is 120 Å². The summed E-state index contributed by atoms with van der Waals surface area (Å²) in [6, 6.07) is 19.3. The molecule has 16 nitrogen and oxygen atoms in total. The number of rotatable bonds is 10. The molecular weight excluding hydrogens is 809 g/mol. The zero-order valence-corrected chi connectivity index (χ0v) is 36.3. The Hall–Kier alpha value is -7.88. The van der Waals surface area contributed by atoms with Gasteiger partial charge in [-0.15, -0.1) is 0 Å². The number of benzene rings is 2. The molecule has 0 saturated heterocycles. The molecule has 4 atom stereocenters. The molecule has 2 aliphatic rings. The van der Waals surface area contributed by atoms with Crippen molar-refractivity contribution in [3.8, 4) is 34.0 Å². The van der Waals surface area contributed by atoms with Gasteiger partial charge in [0, 0.05) is 72.6 Å². The van der Waals surface area contributed by atoms with Crippen molar-refractivity contribution in [1.29, 1.82) is 0 Å². The number of fused-ring (bicyclic) bond motifs is 2. The third-order valence-corrected chi connectivity index (χ3v) is 12.0. The highest BCUT2D eigenvalue weighted by molar-refractivity contribution is 6.00. The molecule has 2 saturated carbocycles. The van der Waals surface area contributed by atoms with Gasteiger partial charge in [0.1, 0.15) is 34.8 Å². The van der Waals surface area contributed by atoms with Gasteiger partial charge in [-0.1, -0.05) is 12.1 Å². The van der Waals surface area contributed by atoms with Gasteiger partial charge in [0.05, 0.1) is 38.0 Å². The number of anilines is 4. The van der Waals surface area contributed by atoms with Gasteiger partial charge in [-0.2, -0.15) is 10.2 Å². The maximum absolute atomic E-state index is 12.7. The maximum atomic E-state index is 12.7. The molecule has 6 aromatic heterocycles. The average molecular weight is 857 g/mol. The van der Waals surface area contributed by atoms with E-state index < -0.39 is 0 Å². The predicted octanol–water partition coefficient (Wildman–Crippen LogP) is 7.34. The number of aromatic nitrogens is 8. The van der Waals surface area contributed by atoms with E-state index in [4.69, 9.17) is 20.9 Å². The molecule has 6 N–H and O–H groups in total. The Kier molecular flexibility index (Phi) is 10.9. The van der Waals surface area contributed by atoms with Gasteiger partial charge in [-0.05, 0) is 120 Å². The first kappa shape index (κ1) is 41.5. The van der Waals surface area contributed by atoms with Crippen LogP contribution in [-0.2, 0) is 23.7 Å². The van der Waals surface area contributed by atoms with Crippen LogP contribution < -0.4 is 31.6 Å². The van der Waals surface area contributed by atoms with E-state index in [0.29, 0.717) is 23.3 Å².